The lowest BCUT2D eigenvalue weighted by molar-refractivity contribution is 0.121. The van der Waals surface area contributed by atoms with Crippen molar-refractivity contribution >= 4 is 11.0 Å². The normalized spacial score (nSPS) is 22.3. The highest BCUT2D eigenvalue weighted by Gasteiger charge is 2.35. The molecule has 1 aliphatic rings. The predicted octanol–water partition coefficient (Wildman–Crippen LogP) is 3.74. The molecule has 24 heavy (non-hydrogen) atoms. The lowest BCUT2D eigenvalue weighted by atomic mass is 9.83. The fourth-order valence-electron chi connectivity index (χ4n) is 3.77. The number of furan rings is 1. The van der Waals surface area contributed by atoms with Gasteiger partial charge in [-0.25, -0.2) is 0 Å². The zero-order chi connectivity index (χ0) is 17.2. The molecule has 1 fully saturated rings. The van der Waals surface area contributed by atoms with Gasteiger partial charge in [0.1, 0.15) is 11.3 Å². The third-order valence-electron chi connectivity index (χ3n) is 5.33. The summed E-state index contributed by atoms with van der Waals surface area (Å²) in [4.78, 5) is 0. The number of aliphatic hydroxyl groups excluding tert-OH is 1. The van der Waals surface area contributed by atoms with E-state index in [1.807, 2.05) is 0 Å². The molecule has 0 spiro atoms. The van der Waals surface area contributed by atoms with Crippen LogP contribution in [0.2, 0.25) is 0 Å². The molecule has 2 heterocycles. The zero-order valence-electron chi connectivity index (χ0n) is 15.0. The Kier molecular flexibility index (Phi) is 5.28. The highest BCUT2D eigenvalue weighted by molar-refractivity contribution is 5.83. The van der Waals surface area contributed by atoms with E-state index < -0.39 is 0 Å². The molecule has 2 atom stereocenters. The number of nitrogens with one attached hydrogen (secondary N) is 1. The predicted molar refractivity (Wildman–Crippen MR) is 96.3 cm³/mol. The minimum atomic E-state index is 0.0536. The molecule has 0 saturated carbocycles. The maximum Gasteiger partial charge on any atom is 0.134 e. The first kappa shape index (κ1) is 17.5. The molecule has 0 radical (unpaired) electrons. The number of aliphatic hydroxyl groups is 1. The average molecular weight is 331 g/mol. The summed E-state index contributed by atoms with van der Waals surface area (Å²) >= 11 is 0. The fourth-order valence-corrected chi connectivity index (χ4v) is 3.77. The Morgan fingerprint density at radius 2 is 2.21 bits per heavy atom. The second-order valence-electron chi connectivity index (χ2n) is 7.18. The highest BCUT2D eigenvalue weighted by atomic mass is 16.5. The second-order valence-corrected chi connectivity index (χ2v) is 7.18. The smallest absolute Gasteiger partial charge is 0.134 e. The van der Waals surface area contributed by atoms with E-state index >= 15 is 0 Å². The van der Waals surface area contributed by atoms with Crippen molar-refractivity contribution in [2.45, 2.75) is 46.1 Å². The van der Waals surface area contributed by atoms with Gasteiger partial charge in [-0.3, -0.25) is 0 Å². The van der Waals surface area contributed by atoms with Crippen LogP contribution in [0.25, 0.3) is 11.0 Å². The third-order valence-corrected chi connectivity index (χ3v) is 5.33. The van der Waals surface area contributed by atoms with Gasteiger partial charge in [0.05, 0.1) is 12.6 Å². The Bertz CT molecular complexity index is 685. The molecule has 4 heteroatoms. The van der Waals surface area contributed by atoms with Crippen LogP contribution in [0.3, 0.4) is 0 Å². The van der Waals surface area contributed by atoms with Crippen LogP contribution in [0, 0.1) is 12.3 Å². The van der Waals surface area contributed by atoms with Gasteiger partial charge >= 0.3 is 0 Å². The van der Waals surface area contributed by atoms with Gasteiger partial charge in [-0.1, -0.05) is 18.6 Å². The number of benzene rings is 1. The van der Waals surface area contributed by atoms with Crippen LogP contribution in [0.5, 0.6) is 0 Å². The van der Waals surface area contributed by atoms with E-state index in [0.717, 1.165) is 50.4 Å². The van der Waals surface area contributed by atoms with E-state index in [-0.39, 0.29) is 18.1 Å². The maximum absolute atomic E-state index is 9.38. The van der Waals surface area contributed by atoms with Crippen LogP contribution < -0.4 is 5.32 Å². The number of fused-ring (bicyclic) bond motifs is 1. The molecule has 1 aromatic heterocycles. The third kappa shape index (κ3) is 3.37. The van der Waals surface area contributed by atoms with Crippen molar-refractivity contribution in [2.75, 3.05) is 26.4 Å². The summed E-state index contributed by atoms with van der Waals surface area (Å²) in [7, 11) is 0. The van der Waals surface area contributed by atoms with E-state index in [1.54, 1.807) is 0 Å². The molecule has 1 aliphatic heterocycles. The second kappa shape index (κ2) is 7.26. The number of hydrogen-bond donors (Lipinski definition) is 2. The van der Waals surface area contributed by atoms with Gasteiger partial charge < -0.3 is 19.6 Å². The monoisotopic (exact) mass is 331 g/mol. The molecule has 2 unspecified atom stereocenters. The number of rotatable bonds is 7. The van der Waals surface area contributed by atoms with Crippen LogP contribution in [0.15, 0.2) is 22.6 Å². The van der Waals surface area contributed by atoms with Crippen molar-refractivity contribution < 1.29 is 14.3 Å². The van der Waals surface area contributed by atoms with Crippen LogP contribution in [0.4, 0.5) is 0 Å². The summed E-state index contributed by atoms with van der Waals surface area (Å²) in [6, 6.07) is 6.52. The number of aryl methyl sites for hydroxylation is 2. The molecule has 1 aromatic carbocycles. The zero-order valence-corrected chi connectivity index (χ0v) is 15.0. The Labute approximate surface area is 144 Å². The first-order chi connectivity index (χ1) is 11.6. The van der Waals surface area contributed by atoms with Gasteiger partial charge in [0.15, 0.2) is 0 Å². The summed E-state index contributed by atoms with van der Waals surface area (Å²) in [5.41, 5.74) is 3.58. The van der Waals surface area contributed by atoms with Crippen molar-refractivity contribution in [3.63, 3.8) is 0 Å². The molecule has 3 rings (SSSR count). The lowest BCUT2D eigenvalue weighted by Crippen LogP contribution is -2.37. The van der Waals surface area contributed by atoms with E-state index in [0.29, 0.717) is 0 Å². The fraction of sp³-hybridized carbons (Fsp3) is 0.600. The van der Waals surface area contributed by atoms with Gasteiger partial charge in [0, 0.05) is 36.1 Å². The van der Waals surface area contributed by atoms with Crippen molar-refractivity contribution in [1.82, 2.24) is 5.32 Å². The molecular formula is C20H29NO3. The maximum atomic E-state index is 9.38. The van der Waals surface area contributed by atoms with Gasteiger partial charge in [0.25, 0.3) is 0 Å². The minimum absolute atomic E-state index is 0.0536. The summed E-state index contributed by atoms with van der Waals surface area (Å²) in [6.45, 7) is 9.03. The minimum Gasteiger partial charge on any atom is -0.459 e. The molecule has 0 amide bonds. The van der Waals surface area contributed by atoms with Crippen LogP contribution in [-0.4, -0.2) is 31.5 Å². The quantitative estimate of drug-likeness (QED) is 0.811. The molecule has 1 saturated heterocycles. The standard InChI is InChI=1S/C20H29NO3/c1-4-16-17-11-14(2)5-6-18(17)24-19(16)15(3)21-12-20(7-9-22)8-10-23-13-20/h5-6,11,15,21-22H,4,7-10,12-13H2,1-3H3. The molecule has 2 aromatic rings. The number of ether oxygens (including phenoxy) is 1. The highest BCUT2D eigenvalue weighted by Crippen LogP contribution is 2.34. The van der Waals surface area contributed by atoms with Gasteiger partial charge in [0.2, 0.25) is 0 Å². The van der Waals surface area contributed by atoms with Gasteiger partial charge in [-0.2, -0.15) is 0 Å². The number of hydrogen-bond acceptors (Lipinski definition) is 4. The summed E-state index contributed by atoms with van der Waals surface area (Å²) in [6.07, 6.45) is 2.75. The van der Waals surface area contributed by atoms with Crippen LogP contribution in [0.1, 0.15) is 49.6 Å². The topological polar surface area (TPSA) is 54.6 Å². The van der Waals surface area contributed by atoms with Crippen LogP contribution in [-0.2, 0) is 11.2 Å². The van der Waals surface area contributed by atoms with Crippen molar-refractivity contribution in [1.29, 1.82) is 0 Å². The summed E-state index contributed by atoms with van der Waals surface area (Å²) in [5, 5.41) is 14.2. The first-order valence-electron chi connectivity index (χ1n) is 9.02. The summed E-state index contributed by atoms with van der Waals surface area (Å²) < 4.78 is 11.8. The van der Waals surface area contributed by atoms with E-state index in [2.05, 4.69) is 44.3 Å². The molecular weight excluding hydrogens is 302 g/mol. The molecule has 132 valence electrons. The van der Waals surface area contributed by atoms with Crippen molar-refractivity contribution in [3.8, 4) is 0 Å². The molecule has 2 N–H and O–H groups in total. The first-order valence-corrected chi connectivity index (χ1v) is 9.02. The van der Waals surface area contributed by atoms with E-state index in [4.69, 9.17) is 9.15 Å². The Morgan fingerprint density at radius 1 is 1.38 bits per heavy atom. The largest absolute Gasteiger partial charge is 0.459 e. The van der Waals surface area contributed by atoms with Crippen molar-refractivity contribution in [2.24, 2.45) is 5.41 Å². The molecule has 0 aliphatic carbocycles. The SMILES string of the molecule is CCc1c(C(C)NCC2(CCO)CCOC2)oc2ccc(C)cc12. The van der Waals surface area contributed by atoms with E-state index in [9.17, 15) is 5.11 Å². The van der Waals surface area contributed by atoms with Crippen molar-refractivity contribution in [3.05, 3.63) is 35.1 Å². The Balaban J connectivity index is 1.79. The lowest BCUT2D eigenvalue weighted by Gasteiger charge is -2.28. The Hall–Kier alpha value is -1.36. The van der Waals surface area contributed by atoms with Crippen LogP contribution >= 0.6 is 0 Å². The van der Waals surface area contributed by atoms with E-state index in [1.165, 1.54) is 16.5 Å². The average Bonchev–Trinajstić information content (AvgIpc) is 3.17. The molecule has 0 bridgehead atoms. The molecule has 4 nitrogen and oxygen atoms in total. The Morgan fingerprint density at radius 3 is 2.88 bits per heavy atom. The van der Waals surface area contributed by atoms with Gasteiger partial charge in [-0.15, -0.1) is 0 Å². The van der Waals surface area contributed by atoms with Gasteiger partial charge in [-0.05, 0) is 45.2 Å². The summed E-state index contributed by atoms with van der Waals surface area (Å²) in [5.74, 6) is 1.04.